The Morgan fingerprint density at radius 2 is 1.67 bits per heavy atom. The average Bonchev–Trinajstić information content (AvgIpc) is 2.49. The van der Waals surface area contributed by atoms with E-state index in [2.05, 4.69) is 46.2 Å². The summed E-state index contributed by atoms with van der Waals surface area (Å²) in [6.07, 6.45) is 3.52. The van der Waals surface area contributed by atoms with Gasteiger partial charge in [0.15, 0.2) is 0 Å². The highest BCUT2D eigenvalue weighted by molar-refractivity contribution is 5.47. The number of rotatable bonds is 2. The van der Waals surface area contributed by atoms with E-state index >= 15 is 0 Å². The molecule has 0 bridgehead atoms. The van der Waals surface area contributed by atoms with Crippen molar-refractivity contribution in [1.82, 2.24) is 4.90 Å². The van der Waals surface area contributed by atoms with Crippen LogP contribution in [0.4, 0.5) is 5.69 Å². The molecule has 1 fully saturated rings. The maximum Gasteiger partial charge on any atom is 0.0642 e. The minimum Gasteiger partial charge on any atom is -0.378 e. The highest BCUT2D eigenvalue weighted by Gasteiger charge is 2.18. The van der Waals surface area contributed by atoms with Crippen molar-refractivity contribution in [3.05, 3.63) is 42.1 Å². The van der Waals surface area contributed by atoms with Gasteiger partial charge in [-0.25, -0.2) is 0 Å². The number of benzene rings is 1. The fourth-order valence-electron chi connectivity index (χ4n) is 2.67. The molecule has 2 heterocycles. The molecule has 1 saturated heterocycles. The van der Waals surface area contributed by atoms with E-state index in [0.717, 1.165) is 45.8 Å². The molecule has 2 aliphatic heterocycles. The second kappa shape index (κ2) is 5.44. The summed E-state index contributed by atoms with van der Waals surface area (Å²) in [4.78, 5) is 4.91. The molecule has 0 aromatic heterocycles. The van der Waals surface area contributed by atoms with Crippen molar-refractivity contribution in [2.75, 3.05) is 44.3 Å². The van der Waals surface area contributed by atoms with Crippen LogP contribution in [0.1, 0.15) is 6.42 Å². The summed E-state index contributed by atoms with van der Waals surface area (Å²) < 4.78 is 5.40. The van der Waals surface area contributed by atoms with Crippen LogP contribution in [0.25, 0.3) is 0 Å². The maximum absolute atomic E-state index is 5.40. The van der Waals surface area contributed by atoms with Crippen LogP contribution >= 0.6 is 0 Å². The van der Waals surface area contributed by atoms with Gasteiger partial charge in [-0.3, -0.25) is 0 Å². The molecule has 2 aliphatic rings. The van der Waals surface area contributed by atoms with E-state index in [1.807, 2.05) is 0 Å². The Labute approximate surface area is 109 Å². The summed E-state index contributed by atoms with van der Waals surface area (Å²) in [6.45, 7) is 6.00. The largest absolute Gasteiger partial charge is 0.378 e. The lowest BCUT2D eigenvalue weighted by atomic mass is 10.1. The Bertz CT molecular complexity index is 410. The van der Waals surface area contributed by atoms with Crippen molar-refractivity contribution in [3.8, 4) is 0 Å². The third-order valence-corrected chi connectivity index (χ3v) is 3.72. The van der Waals surface area contributed by atoms with E-state index < -0.39 is 0 Å². The average molecular weight is 244 g/mol. The zero-order valence-electron chi connectivity index (χ0n) is 10.7. The zero-order valence-corrected chi connectivity index (χ0v) is 10.7. The van der Waals surface area contributed by atoms with Gasteiger partial charge in [-0.05, 0) is 18.2 Å². The van der Waals surface area contributed by atoms with E-state index in [-0.39, 0.29) is 0 Å². The van der Waals surface area contributed by atoms with Gasteiger partial charge in [0.1, 0.15) is 0 Å². The summed E-state index contributed by atoms with van der Waals surface area (Å²) in [6, 6.07) is 10.7. The van der Waals surface area contributed by atoms with E-state index in [1.54, 1.807) is 0 Å². The predicted octanol–water partition coefficient (Wildman–Crippen LogP) is 2.11. The Kier molecular flexibility index (Phi) is 3.51. The standard InChI is InChI=1S/C15H20N2O/c1-2-4-14(5-3-1)16-8-6-15(7-9-16)17-10-12-18-13-11-17/h1-6H,7-13H2. The van der Waals surface area contributed by atoms with Gasteiger partial charge in [-0.1, -0.05) is 18.2 Å². The molecule has 0 N–H and O–H groups in total. The topological polar surface area (TPSA) is 15.7 Å². The summed E-state index contributed by atoms with van der Waals surface area (Å²) in [7, 11) is 0. The van der Waals surface area contributed by atoms with Crippen LogP contribution in [0.3, 0.4) is 0 Å². The van der Waals surface area contributed by atoms with Gasteiger partial charge >= 0.3 is 0 Å². The molecule has 0 radical (unpaired) electrons. The van der Waals surface area contributed by atoms with Crippen molar-refractivity contribution < 1.29 is 4.74 Å². The van der Waals surface area contributed by atoms with Crippen LogP contribution in [-0.2, 0) is 4.74 Å². The van der Waals surface area contributed by atoms with Gasteiger partial charge in [0, 0.05) is 44.0 Å². The Morgan fingerprint density at radius 3 is 2.33 bits per heavy atom. The normalized spacial score (nSPS) is 20.8. The fraction of sp³-hybridized carbons (Fsp3) is 0.467. The summed E-state index contributed by atoms with van der Waals surface area (Å²) in [5.41, 5.74) is 2.83. The van der Waals surface area contributed by atoms with Crippen molar-refractivity contribution in [2.24, 2.45) is 0 Å². The van der Waals surface area contributed by atoms with Crippen LogP contribution in [0.2, 0.25) is 0 Å². The predicted molar refractivity (Wildman–Crippen MR) is 73.7 cm³/mol. The molecule has 3 rings (SSSR count). The maximum atomic E-state index is 5.40. The monoisotopic (exact) mass is 244 g/mol. The van der Waals surface area contributed by atoms with Gasteiger partial charge in [0.25, 0.3) is 0 Å². The highest BCUT2D eigenvalue weighted by atomic mass is 16.5. The van der Waals surface area contributed by atoms with Gasteiger partial charge < -0.3 is 14.5 Å². The molecule has 1 aromatic carbocycles. The molecule has 3 nitrogen and oxygen atoms in total. The van der Waals surface area contributed by atoms with Gasteiger partial charge in [-0.15, -0.1) is 0 Å². The molecule has 0 spiro atoms. The number of nitrogens with zero attached hydrogens (tertiary/aromatic N) is 2. The second-order valence-electron chi connectivity index (χ2n) is 4.83. The van der Waals surface area contributed by atoms with Crippen LogP contribution in [0.15, 0.2) is 42.1 Å². The molecular formula is C15H20N2O. The fourth-order valence-corrected chi connectivity index (χ4v) is 2.67. The number of hydrogen-bond donors (Lipinski definition) is 0. The third-order valence-electron chi connectivity index (χ3n) is 3.72. The summed E-state index contributed by atoms with van der Waals surface area (Å²) >= 11 is 0. The van der Waals surface area contributed by atoms with Crippen molar-refractivity contribution in [3.63, 3.8) is 0 Å². The zero-order chi connectivity index (χ0) is 12.2. The molecule has 3 heteroatoms. The first kappa shape index (κ1) is 11.6. The third kappa shape index (κ3) is 2.51. The lowest BCUT2D eigenvalue weighted by molar-refractivity contribution is 0.0517. The number of ether oxygens (including phenoxy) is 1. The molecule has 96 valence electrons. The minimum atomic E-state index is 0.875. The van der Waals surface area contributed by atoms with Gasteiger partial charge in [0.2, 0.25) is 0 Å². The van der Waals surface area contributed by atoms with Crippen LogP contribution in [0.5, 0.6) is 0 Å². The van der Waals surface area contributed by atoms with Crippen molar-refractivity contribution in [1.29, 1.82) is 0 Å². The first-order chi connectivity index (χ1) is 8.93. The number of anilines is 1. The summed E-state index contributed by atoms with van der Waals surface area (Å²) in [5.74, 6) is 0. The van der Waals surface area contributed by atoms with Crippen molar-refractivity contribution >= 4 is 5.69 Å². The number of morpholine rings is 1. The Hall–Kier alpha value is -1.48. The molecule has 0 atom stereocenters. The number of hydrogen-bond acceptors (Lipinski definition) is 3. The van der Waals surface area contributed by atoms with Crippen LogP contribution < -0.4 is 4.90 Å². The lowest BCUT2D eigenvalue weighted by Crippen LogP contribution is -2.39. The first-order valence-corrected chi connectivity index (χ1v) is 6.75. The summed E-state index contributed by atoms with van der Waals surface area (Å²) in [5, 5.41) is 0. The Balaban J connectivity index is 1.64. The van der Waals surface area contributed by atoms with Crippen molar-refractivity contribution in [2.45, 2.75) is 6.42 Å². The second-order valence-corrected chi connectivity index (χ2v) is 4.83. The molecule has 0 amide bonds. The van der Waals surface area contributed by atoms with Crippen LogP contribution in [0, 0.1) is 0 Å². The quantitative estimate of drug-likeness (QED) is 0.792. The SMILES string of the molecule is C1=C(N2CCOCC2)CCN(c2ccccc2)C1. The van der Waals surface area contributed by atoms with E-state index in [0.29, 0.717) is 0 Å². The molecular weight excluding hydrogens is 224 g/mol. The van der Waals surface area contributed by atoms with E-state index in [9.17, 15) is 0 Å². The molecule has 18 heavy (non-hydrogen) atoms. The molecule has 0 aliphatic carbocycles. The smallest absolute Gasteiger partial charge is 0.0642 e. The highest BCUT2D eigenvalue weighted by Crippen LogP contribution is 2.21. The molecule has 0 saturated carbocycles. The van der Waals surface area contributed by atoms with Gasteiger partial charge in [0.05, 0.1) is 13.2 Å². The number of para-hydroxylation sites is 1. The van der Waals surface area contributed by atoms with E-state index in [4.69, 9.17) is 4.74 Å². The first-order valence-electron chi connectivity index (χ1n) is 6.75. The van der Waals surface area contributed by atoms with Gasteiger partial charge in [-0.2, -0.15) is 0 Å². The van der Waals surface area contributed by atoms with E-state index in [1.165, 1.54) is 11.4 Å². The minimum absolute atomic E-state index is 0.875. The molecule has 1 aromatic rings. The lowest BCUT2D eigenvalue weighted by Gasteiger charge is -2.36. The Morgan fingerprint density at radius 1 is 0.889 bits per heavy atom. The molecule has 0 unspecified atom stereocenters. The van der Waals surface area contributed by atoms with Crippen LogP contribution in [-0.4, -0.2) is 44.3 Å².